The lowest BCUT2D eigenvalue weighted by Gasteiger charge is -2.62. The topological polar surface area (TPSA) is 178 Å². The first kappa shape index (κ1) is 44.4. The van der Waals surface area contributed by atoms with E-state index in [0.29, 0.717) is 47.9 Å². The maximum Gasteiger partial charge on any atom is 0.251 e. The van der Waals surface area contributed by atoms with Crippen LogP contribution in [0.2, 0.25) is 0 Å². The van der Waals surface area contributed by atoms with Crippen LogP contribution in [0, 0.1) is 29.1 Å². The van der Waals surface area contributed by atoms with Crippen LogP contribution in [0.15, 0.2) is 42.6 Å². The van der Waals surface area contributed by atoms with Crippen molar-refractivity contribution in [2.75, 3.05) is 52.3 Å². The van der Waals surface area contributed by atoms with Gasteiger partial charge >= 0.3 is 0 Å². The Balaban J connectivity index is 1.28. The molecule has 4 fully saturated rings. The summed E-state index contributed by atoms with van der Waals surface area (Å²) in [6.07, 6.45) is 2.09. The highest BCUT2D eigenvalue weighted by atomic mass is 16.7. The molecule has 3 aliphatic carbocycles. The number of likely N-dealkylation sites (N-methyl/N-ethyl adjacent to an activating group) is 1. The summed E-state index contributed by atoms with van der Waals surface area (Å²) in [6.45, 7) is 14.8. The van der Waals surface area contributed by atoms with Crippen molar-refractivity contribution in [1.29, 1.82) is 0 Å². The predicted molar refractivity (Wildman–Crippen MR) is 225 cm³/mol. The van der Waals surface area contributed by atoms with Crippen LogP contribution >= 0.6 is 0 Å². The Morgan fingerprint density at radius 2 is 1.86 bits per heavy atom. The van der Waals surface area contributed by atoms with Gasteiger partial charge in [0.05, 0.1) is 51.8 Å². The number of para-hydroxylation sites is 1. The van der Waals surface area contributed by atoms with Gasteiger partial charge in [-0.05, 0) is 79.8 Å². The zero-order chi connectivity index (χ0) is 42.8. The van der Waals surface area contributed by atoms with Crippen molar-refractivity contribution in [2.24, 2.45) is 29.1 Å². The van der Waals surface area contributed by atoms with Gasteiger partial charge in [-0.25, -0.2) is 0 Å². The second kappa shape index (κ2) is 18.7. The number of carbonyl (C=O) groups excluding carboxylic acids is 2. The molecule has 0 radical (unpaired) electrons. The van der Waals surface area contributed by atoms with E-state index in [1.54, 1.807) is 30.0 Å². The van der Waals surface area contributed by atoms with E-state index in [1.807, 2.05) is 55.4 Å². The number of hydroxylamine groups is 2. The first-order chi connectivity index (χ1) is 28.1. The smallest absolute Gasteiger partial charge is 0.251 e. The van der Waals surface area contributed by atoms with Crippen molar-refractivity contribution in [1.82, 2.24) is 35.6 Å². The minimum Gasteiger partial charge on any atom is -0.496 e. The van der Waals surface area contributed by atoms with Crippen molar-refractivity contribution >= 4 is 17.5 Å². The van der Waals surface area contributed by atoms with Gasteiger partial charge in [-0.2, -0.15) is 5.06 Å². The lowest BCUT2D eigenvalue weighted by molar-refractivity contribution is -0.183. The van der Waals surface area contributed by atoms with Crippen molar-refractivity contribution in [3.63, 3.8) is 0 Å². The number of amides is 2. The molecule has 7 rings (SSSR count). The second-order valence-corrected chi connectivity index (χ2v) is 17.6. The molecule has 59 heavy (non-hydrogen) atoms. The Hall–Kier alpha value is -4.12. The minimum atomic E-state index is -0.920. The fourth-order valence-corrected chi connectivity index (χ4v) is 9.92. The lowest BCUT2D eigenvalue weighted by Crippen LogP contribution is -2.62. The van der Waals surface area contributed by atoms with Crippen LogP contribution in [0.25, 0.3) is 11.1 Å². The molecule has 3 aromatic rings. The van der Waals surface area contributed by atoms with Gasteiger partial charge < -0.3 is 40.5 Å². The predicted octanol–water partition coefficient (Wildman–Crippen LogP) is 3.31. The van der Waals surface area contributed by atoms with Crippen LogP contribution in [0.4, 0.5) is 5.69 Å². The number of hydrogen-bond donors (Lipinski definition) is 5. The highest BCUT2D eigenvalue weighted by Crippen LogP contribution is 2.61. The number of methoxy groups -OCH3 is 1. The summed E-state index contributed by atoms with van der Waals surface area (Å²) >= 11 is 0. The van der Waals surface area contributed by atoms with Gasteiger partial charge in [0.15, 0.2) is 0 Å². The molecule has 2 bridgehead atoms. The average molecular weight is 819 g/mol. The van der Waals surface area contributed by atoms with Gasteiger partial charge in [-0.1, -0.05) is 58.0 Å². The second-order valence-electron chi connectivity index (χ2n) is 17.6. The summed E-state index contributed by atoms with van der Waals surface area (Å²) in [4.78, 5) is 39.0. The first-order valence-electron chi connectivity index (χ1n) is 21.2. The van der Waals surface area contributed by atoms with Gasteiger partial charge in [0, 0.05) is 55.0 Å². The molecule has 1 aliphatic heterocycles. The molecular formula is C44H66N8O7. The number of aliphatic hydroxyl groups excluding tert-OH is 3. The monoisotopic (exact) mass is 819 g/mol. The Bertz CT molecular complexity index is 1910. The Morgan fingerprint density at radius 1 is 1.12 bits per heavy atom. The molecule has 2 aromatic carbocycles. The van der Waals surface area contributed by atoms with Crippen molar-refractivity contribution in [3.05, 3.63) is 59.4 Å². The zero-order valence-electron chi connectivity index (χ0n) is 36.3. The van der Waals surface area contributed by atoms with Gasteiger partial charge in [0.25, 0.3) is 5.91 Å². The lowest BCUT2D eigenvalue weighted by atomic mass is 9.45. The average Bonchev–Trinajstić information content (AvgIpc) is 3.84. The Morgan fingerprint density at radius 3 is 2.46 bits per heavy atom. The third-order valence-corrected chi connectivity index (χ3v) is 13.6. The van der Waals surface area contributed by atoms with Crippen LogP contribution in [0.3, 0.4) is 0 Å². The van der Waals surface area contributed by atoms with E-state index < -0.39 is 24.2 Å². The van der Waals surface area contributed by atoms with E-state index >= 15 is 0 Å². The van der Waals surface area contributed by atoms with E-state index in [0.717, 1.165) is 41.9 Å². The Labute approximate surface area is 349 Å². The number of ether oxygens (including phenoxy) is 1. The molecule has 2 amide bonds. The van der Waals surface area contributed by atoms with Crippen LogP contribution in [0.5, 0.6) is 5.75 Å². The SMILES string of the molecule is CCN(CC)C[C@H](Cn1cc(CO)nn1)NC(=O)c1cc(-c2cccc(CN3O[C@@H](CO)[C@@H]([C@H](C)O)[C@H]3C(=O)N[C@H]3C[C@H]4C[C@@H]([C@@H]3C)C4(C)C)c2OC)cc(N(C)C)c1. The van der Waals surface area contributed by atoms with Crippen LogP contribution < -0.4 is 20.3 Å². The molecular weight excluding hydrogens is 753 g/mol. The summed E-state index contributed by atoms with van der Waals surface area (Å²) in [5.41, 5.74) is 4.22. The molecule has 1 aromatic heterocycles. The quantitative estimate of drug-likeness (QED) is 0.127. The molecule has 15 heteroatoms. The van der Waals surface area contributed by atoms with Gasteiger partial charge in [-0.15, -0.1) is 5.10 Å². The third kappa shape index (κ3) is 9.30. The number of rotatable bonds is 18. The third-order valence-electron chi connectivity index (χ3n) is 13.6. The fraction of sp³-hybridized carbons (Fsp3) is 0.636. The summed E-state index contributed by atoms with van der Waals surface area (Å²) in [7, 11) is 5.44. The van der Waals surface area contributed by atoms with Gasteiger partial charge in [0.2, 0.25) is 5.91 Å². The van der Waals surface area contributed by atoms with E-state index in [9.17, 15) is 24.9 Å². The number of aromatic nitrogens is 3. The van der Waals surface area contributed by atoms with E-state index in [1.165, 1.54) is 6.42 Å². The van der Waals surface area contributed by atoms with Crippen LogP contribution in [0.1, 0.15) is 76.0 Å². The highest BCUT2D eigenvalue weighted by Gasteiger charge is 2.57. The van der Waals surface area contributed by atoms with Crippen molar-refractivity contribution < 1.29 is 34.5 Å². The van der Waals surface area contributed by atoms with Gasteiger partial charge in [-0.3, -0.25) is 19.1 Å². The number of anilines is 1. The summed E-state index contributed by atoms with van der Waals surface area (Å²) in [5.74, 6) is 0.828. The minimum absolute atomic E-state index is 0.0198. The first-order valence-corrected chi connectivity index (χ1v) is 21.2. The molecule has 4 aliphatic rings. The molecule has 2 heterocycles. The number of carbonyl (C=O) groups is 2. The number of nitrogens with zero attached hydrogens (tertiary/aromatic N) is 6. The molecule has 5 N–H and O–H groups in total. The number of aliphatic hydroxyl groups is 3. The molecule has 0 unspecified atom stereocenters. The molecule has 0 spiro atoms. The van der Waals surface area contributed by atoms with Crippen molar-refractivity contribution in [2.45, 2.75) is 104 Å². The molecule has 1 saturated heterocycles. The molecule has 9 atom stereocenters. The number of fused-ring (bicyclic) bond motifs is 2. The maximum absolute atomic E-state index is 14.3. The Kier molecular flexibility index (Phi) is 14.0. The van der Waals surface area contributed by atoms with E-state index in [-0.39, 0.29) is 49.1 Å². The largest absolute Gasteiger partial charge is 0.496 e. The molecule has 15 nitrogen and oxygen atoms in total. The summed E-state index contributed by atoms with van der Waals surface area (Å²) in [6, 6.07) is 10.3. The molecule has 324 valence electrons. The zero-order valence-corrected chi connectivity index (χ0v) is 36.3. The fourth-order valence-electron chi connectivity index (χ4n) is 9.92. The number of hydrogen-bond acceptors (Lipinski definition) is 12. The van der Waals surface area contributed by atoms with Crippen LogP contribution in [-0.2, 0) is 29.3 Å². The normalized spacial score (nSPS) is 25.9. The highest BCUT2D eigenvalue weighted by molar-refractivity contribution is 5.97. The van der Waals surface area contributed by atoms with Crippen molar-refractivity contribution in [3.8, 4) is 16.9 Å². The van der Waals surface area contributed by atoms with E-state index in [4.69, 9.17) is 9.57 Å². The van der Waals surface area contributed by atoms with E-state index in [2.05, 4.69) is 60.5 Å². The summed E-state index contributed by atoms with van der Waals surface area (Å²) in [5, 5.41) is 47.3. The number of nitrogens with one attached hydrogen (secondary N) is 2. The maximum atomic E-state index is 14.3. The van der Waals surface area contributed by atoms with Crippen LogP contribution in [-0.4, -0.2) is 130 Å². The number of benzene rings is 2. The standard InChI is InChI=1S/C44H66N8O7/c1-10-50(11-2)21-32(22-51-23-33(24-53)47-48-51)45-42(56)30-15-29(16-34(17-30)49(7)8)35-14-12-13-28(41(35)58-9)20-52-40(39(27(4)55)38(25-54)59-52)43(57)46-37-19-31-18-36(26(37)3)44(31,5)6/h12-17,23,26-27,31-32,36-40,53-55H,10-11,18-22,24-25H2,1-9H3,(H,45,56)(H,46,57)/t26-,27-,31+,32+,36-,37-,38-,39+,40-/m0/s1. The molecule has 3 saturated carbocycles. The summed E-state index contributed by atoms with van der Waals surface area (Å²) < 4.78 is 7.75. The van der Waals surface area contributed by atoms with Gasteiger partial charge in [0.1, 0.15) is 23.6 Å².